The molecule has 0 fully saturated rings. The van der Waals surface area contributed by atoms with Gasteiger partial charge in [-0.3, -0.25) is 0 Å². The molecule has 8 rings (SSSR count). The van der Waals surface area contributed by atoms with Gasteiger partial charge in [-0.1, -0.05) is 121 Å². The molecule has 0 N–H and O–H groups in total. The highest BCUT2D eigenvalue weighted by Gasteiger charge is 2.16. The number of anilines is 3. The monoisotopic (exact) mass is 562 g/mol. The van der Waals surface area contributed by atoms with Crippen molar-refractivity contribution >= 4 is 38.7 Å². The highest BCUT2D eigenvalue weighted by atomic mass is 15.1. The van der Waals surface area contributed by atoms with E-state index in [0.717, 1.165) is 22.7 Å². The van der Waals surface area contributed by atoms with Crippen LogP contribution in [0.3, 0.4) is 0 Å². The lowest BCUT2D eigenvalue weighted by Crippen LogP contribution is -2.10. The van der Waals surface area contributed by atoms with Crippen molar-refractivity contribution in [3.63, 3.8) is 0 Å². The smallest absolute Gasteiger partial charge is 0.0540 e. The standard InChI is InChI=1S/C42H30N2/c1-2-9-31(10-3-1)32-19-25-38(26-20-32)44(42-16-8-13-35-11-4-6-14-40(35)42)39-27-21-34(22-28-39)33-17-23-37(24-18-33)43-30-29-36-12-5-7-15-41(36)43/h1-30H. The van der Waals surface area contributed by atoms with Gasteiger partial charge >= 0.3 is 0 Å². The van der Waals surface area contributed by atoms with Gasteiger partial charge in [-0.15, -0.1) is 0 Å². The van der Waals surface area contributed by atoms with Gasteiger partial charge < -0.3 is 9.47 Å². The molecule has 8 aromatic rings. The van der Waals surface area contributed by atoms with Crippen molar-refractivity contribution in [3.8, 4) is 27.9 Å². The minimum atomic E-state index is 1.12. The maximum Gasteiger partial charge on any atom is 0.0540 e. The molecule has 0 atom stereocenters. The minimum Gasteiger partial charge on any atom is -0.317 e. The number of para-hydroxylation sites is 1. The Labute approximate surface area is 257 Å². The maximum absolute atomic E-state index is 2.36. The highest BCUT2D eigenvalue weighted by Crippen LogP contribution is 2.40. The van der Waals surface area contributed by atoms with Crippen molar-refractivity contribution < 1.29 is 0 Å². The Morgan fingerprint density at radius 3 is 1.57 bits per heavy atom. The quantitative estimate of drug-likeness (QED) is 0.196. The first kappa shape index (κ1) is 25.8. The van der Waals surface area contributed by atoms with Crippen LogP contribution >= 0.6 is 0 Å². The van der Waals surface area contributed by atoms with E-state index in [4.69, 9.17) is 0 Å². The Kier molecular flexibility index (Phi) is 6.51. The molecule has 2 nitrogen and oxygen atoms in total. The van der Waals surface area contributed by atoms with Crippen molar-refractivity contribution in [2.75, 3.05) is 4.90 Å². The Morgan fingerprint density at radius 1 is 0.364 bits per heavy atom. The fourth-order valence-electron chi connectivity index (χ4n) is 6.19. The van der Waals surface area contributed by atoms with Gasteiger partial charge in [0.15, 0.2) is 0 Å². The Balaban J connectivity index is 1.16. The van der Waals surface area contributed by atoms with Gasteiger partial charge in [0.1, 0.15) is 0 Å². The number of nitrogens with zero attached hydrogens (tertiary/aromatic N) is 2. The number of aromatic nitrogens is 1. The fraction of sp³-hybridized carbons (Fsp3) is 0. The zero-order chi connectivity index (χ0) is 29.3. The topological polar surface area (TPSA) is 8.17 Å². The SMILES string of the molecule is c1ccc(-c2ccc(N(c3ccc(-c4ccc(-n5ccc6ccccc65)cc4)cc3)c3cccc4ccccc34)cc2)cc1. The molecule has 7 aromatic carbocycles. The summed E-state index contributed by atoms with van der Waals surface area (Å²) in [6.07, 6.45) is 2.14. The van der Waals surface area contributed by atoms with Crippen molar-refractivity contribution in [3.05, 3.63) is 182 Å². The third-order valence-corrected chi connectivity index (χ3v) is 8.44. The van der Waals surface area contributed by atoms with Crippen LogP contribution in [0.5, 0.6) is 0 Å². The summed E-state index contributed by atoms with van der Waals surface area (Å²) in [6.45, 7) is 0. The average molecular weight is 563 g/mol. The zero-order valence-electron chi connectivity index (χ0n) is 24.2. The van der Waals surface area contributed by atoms with Crippen LogP contribution in [0.4, 0.5) is 17.1 Å². The first-order valence-corrected chi connectivity index (χ1v) is 15.0. The normalized spacial score (nSPS) is 11.2. The molecule has 44 heavy (non-hydrogen) atoms. The molecule has 208 valence electrons. The van der Waals surface area contributed by atoms with Crippen LogP contribution < -0.4 is 4.90 Å². The Bertz CT molecular complexity index is 2190. The predicted octanol–water partition coefficient (Wildman–Crippen LogP) is 11.6. The first-order valence-electron chi connectivity index (χ1n) is 15.0. The van der Waals surface area contributed by atoms with Crippen molar-refractivity contribution in [2.45, 2.75) is 0 Å². The van der Waals surface area contributed by atoms with Crippen LogP contribution in [0.25, 0.3) is 49.6 Å². The summed E-state index contributed by atoms with van der Waals surface area (Å²) in [5.74, 6) is 0. The van der Waals surface area contributed by atoms with E-state index >= 15 is 0 Å². The number of benzene rings is 7. The second kappa shape index (κ2) is 11.1. The summed E-state index contributed by atoms with van der Waals surface area (Å²) in [5.41, 5.74) is 10.6. The summed E-state index contributed by atoms with van der Waals surface area (Å²) in [6, 6.07) is 63.0. The summed E-state index contributed by atoms with van der Waals surface area (Å²) in [4.78, 5) is 2.36. The van der Waals surface area contributed by atoms with Gasteiger partial charge in [0, 0.05) is 28.6 Å². The minimum absolute atomic E-state index is 1.12. The molecule has 0 spiro atoms. The van der Waals surface area contributed by atoms with E-state index in [9.17, 15) is 0 Å². The highest BCUT2D eigenvalue weighted by molar-refractivity contribution is 5.99. The molecule has 0 radical (unpaired) electrons. The molecule has 0 saturated heterocycles. The Hall–Kier alpha value is -5.86. The molecular weight excluding hydrogens is 532 g/mol. The lowest BCUT2D eigenvalue weighted by atomic mass is 10.0. The van der Waals surface area contributed by atoms with Crippen molar-refractivity contribution in [2.24, 2.45) is 0 Å². The second-order valence-electron chi connectivity index (χ2n) is 11.1. The van der Waals surface area contributed by atoms with Gasteiger partial charge in [0.2, 0.25) is 0 Å². The van der Waals surface area contributed by atoms with Gasteiger partial charge in [-0.05, 0) is 87.6 Å². The third kappa shape index (κ3) is 4.73. The molecule has 0 aliphatic rings. The molecular formula is C42H30N2. The Morgan fingerprint density at radius 2 is 0.886 bits per heavy atom. The lowest BCUT2D eigenvalue weighted by molar-refractivity contribution is 1.13. The van der Waals surface area contributed by atoms with Gasteiger partial charge in [0.05, 0.1) is 11.2 Å². The van der Waals surface area contributed by atoms with Gasteiger partial charge in [0.25, 0.3) is 0 Å². The number of hydrogen-bond donors (Lipinski definition) is 0. The zero-order valence-corrected chi connectivity index (χ0v) is 24.2. The van der Waals surface area contributed by atoms with Crippen LogP contribution in [0.2, 0.25) is 0 Å². The number of hydrogen-bond acceptors (Lipinski definition) is 1. The van der Waals surface area contributed by atoms with Gasteiger partial charge in [-0.2, -0.15) is 0 Å². The van der Waals surface area contributed by atoms with E-state index in [1.807, 2.05) is 0 Å². The third-order valence-electron chi connectivity index (χ3n) is 8.44. The molecule has 1 aromatic heterocycles. The van der Waals surface area contributed by atoms with E-state index in [0.29, 0.717) is 0 Å². The molecule has 0 bridgehead atoms. The summed E-state index contributed by atoms with van der Waals surface area (Å²) < 4.78 is 2.24. The number of rotatable bonds is 6. The first-order chi connectivity index (χ1) is 21.8. The van der Waals surface area contributed by atoms with Crippen LogP contribution in [0, 0.1) is 0 Å². The van der Waals surface area contributed by atoms with Gasteiger partial charge in [-0.25, -0.2) is 0 Å². The van der Waals surface area contributed by atoms with Crippen molar-refractivity contribution in [1.82, 2.24) is 4.57 Å². The lowest BCUT2D eigenvalue weighted by Gasteiger charge is -2.27. The molecule has 2 heteroatoms. The molecule has 0 unspecified atom stereocenters. The molecule has 0 saturated carbocycles. The van der Waals surface area contributed by atoms with Crippen LogP contribution in [-0.2, 0) is 0 Å². The van der Waals surface area contributed by atoms with Crippen LogP contribution in [0.1, 0.15) is 0 Å². The van der Waals surface area contributed by atoms with E-state index in [1.165, 1.54) is 43.9 Å². The predicted molar refractivity (Wildman–Crippen MR) is 186 cm³/mol. The average Bonchev–Trinajstić information content (AvgIpc) is 3.54. The summed E-state index contributed by atoms with van der Waals surface area (Å²) in [7, 11) is 0. The maximum atomic E-state index is 2.36. The van der Waals surface area contributed by atoms with Crippen LogP contribution in [0.15, 0.2) is 182 Å². The van der Waals surface area contributed by atoms with E-state index < -0.39 is 0 Å². The van der Waals surface area contributed by atoms with Crippen LogP contribution in [-0.4, -0.2) is 4.57 Å². The van der Waals surface area contributed by atoms with Crippen molar-refractivity contribution in [1.29, 1.82) is 0 Å². The number of fused-ring (bicyclic) bond motifs is 2. The largest absolute Gasteiger partial charge is 0.317 e. The van der Waals surface area contributed by atoms with E-state index in [1.54, 1.807) is 0 Å². The van der Waals surface area contributed by atoms with E-state index in [2.05, 4.69) is 192 Å². The van der Waals surface area contributed by atoms with E-state index in [-0.39, 0.29) is 0 Å². The molecule has 0 aliphatic heterocycles. The molecule has 0 aliphatic carbocycles. The molecule has 1 heterocycles. The summed E-state index contributed by atoms with van der Waals surface area (Å²) >= 11 is 0. The second-order valence-corrected chi connectivity index (χ2v) is 11.1. The fourth-order valence-corrected chi connectivity index (χ4v) is 6.19. The summed E-state index contributed by atoms with van der Waals surface area (Å²) in [5, 5.41) is 3.69. The molecule has 0 amide bonds.